The van der Waals surface area contributed by atoms with Gasteiger partial charge >= 0.3 is 0 Å². The van der Waals surface area contributed by atoms with Crippen molar-refractivity contribution in [3.8, 4) is 0 Å². The maximum absolute atomic E-state index is 13.0. The number of ether oxygens (including phenoxy) is 1. The summed E-state index contributed by atoms with van der Waals surface area (Å²) in [7, 11) is 0. The van der Waals surface area contributed by atoms with Gasteiger partial charge in [-0.05, 0) is 32.9 Å². The van der Waals surface area contributed by atoms with Gasteiger partial charge in [-0.2, -0.15) is 0 Å². The van der Waals surface area contributed by atoms with Crippen LogP contribution in [0.3, 0.4) is 0 Å². The lowest BCUT2D eigenvalue weighted by Crippen LogP contribution is -2.75. The van der Waals surface area contributed by atoms with Crippen LogP contribution in [-0.2, 0) is 16.1 Å². The van der Waals surface area contributed by atoms with Crippen LogP contribution >= 0.6 is 24.8 Å². The maximum atomic E-state index is 13.0. The molecule has 3 N–H and O–H groups in total. The van der Waals surface area contributed by atoms with E-state index >= 15 is 0 Å². The average molecular weight is 431 g/mol. The minimum absolute atomic E-state index is 0. The van der Waals surface area contributed by atoms with Crippen molar-refractivity contribution in [2.24, 2.45) is 11.1 Å². The predicted octanol–water partition coefficient (Wildman–Crippen LogP) is 3.61. The first-order valence-corrected chi connectivity index (χ1v) is 9.42. The molecule has 0 spiro atoms. The summed E-state index contributed by atoms with van der Waals surface area (Å²) < 4.78 is 7.87. The third kappa shape index (κ3) is 3.75. The molecule has 1 saturated carbocycles. The highest BCUT2D eigenvalue weighted by Gasteiger charge is 2.63. The number of carbonyl (C=O) groups is 1. The zero-order valence-corrected chi connectivity index (χ0v) is 18.8. The van der Waals surface area contributed by atoms with Crippen LogP contribution in [0, 0.1) is 5.41 Å². The molecule has 3 atom stereocenters. The number of rotatable bonds is 6. The molecule has 1 aliphatic carbocycles. The van der Waals surface area contributed by atoms with Gasteiger partial charge in [0.2, 0.25) is 5.91 Å². The molecule has 2 aromatic rings. The number of nitrogens with zero attached hydrogens (tertiary/aromatic N) is 2. The summed E-state index contributed by atoms with van der Waals surface area (Å²) >= 11 is 0. The fourth-order valence-electron chi connectivity index (χ4n) is 3.97. The molecule has 1 aliphatic rings. The zero-order valence-electron chi connectivity index (χ0n) is 17.2. The number of imidazole rings is 1. The van der Waals surface area contributed by atoms with Crippen LogP contribution in [0.2, 0.25) is 0 Å². The molecule has 0 saturated heterocycles. The Balaban J connectivity index is 0.00000196. The zero-order chi connectivity index (χ0) is 19.1. The molecule has 1 aromatic carbocycles. The number of halogens is 2. The summed E-state index contributed by atoms with van der Waals surface area (Å²) in [6.45, 7) is 11.4. The van der Waals surface area contributed by atoms with Crippen LogP contribution < -0.4 is 11.1 Å². The van der Waals surface area contributed by atoms with Crippen LogP contribution in [0.5, 0.6) is 0 Å². The number of para-hydroxylation sites is 2. The Bertz CT molecular complexity index is 824. The van der Waals surface area contributed by atoms with E-state index in [4.69, 9.17) is 15.5 Å². The van der Waals surface area contributed by atoms with Gasteiger partial charge < -0.3 is 20.4 Å². The van der Waals surface area contributed by atoms with E-state index in [0.29, 0.717) is 13.0 Å². The van der Waals surface area contributed by atoms with Crippen molar-refractivity contribution in [2.75, 3.05) is 6.61 Å². The van der Waals surface area contributed by atoms with Gasteiger partial charge in [0.1, 0.15) is 11.4 Å². The number of amides is 1. The van der Waals surface area contributed by atoms with E-state index in [2.05, 4.69) is 22.9 Å². The fourth-order valence-corrected chi connectivity index (χ4v) is 3.97. The molecule has 1 heterocycles. The number of carbonyl (C=O) groups excluding carboxylic acids is 1. The summed E-state index contributed by atoms with van der Waals surface area (Å²) in [6.07, 6.45) is 0.551. The Kier molecular flexibility index (Phi) is 7.93. The first kappa shape index (κ1) is 24.7. The molecule has 8 heteroatoms. The first-order chi connectivity index (χ1) is 12.3. The van der Waals surface area contributed by atoms with Crippen molar-refractivity contribution in [1.82, 2.24) is 14.9 Å². The molecule has 3 unspecified atom stereocenters. The minimum Gasteiger partial charge on any atom is -0.378 e. The van der Waals surface area contributed by atoms with Gasteiger partial charge in [0.25, 0.3) is 0 Å². The number of fused-ring (bicyclic) bond motifs is 1. The lowest BCUT2D eigenvalue weighted by Gasteiger charge is -2.57. The summed E-state index contributed by atoms with van der Waals surface area (Å²) in [4.78, 5) is 17.7. The van der Waals surface area contributed by atoms with E-state index in [9.17, 15) is 4.79 Å². The Morgan fingerprint density at radius 1 is 1.36 bits per heavy atom. The number of aromatic nitrogens is 2. The molecule has 3 rings (SSSR count). The lowest BCUT2D eigenvalue weighted by atomic mass is 9.54. The van der Waals surface area contributed by atoms with Crippen molar-refractivity contribution in [2.45, 2.75) is 65.3 Å². The van der Waals surface area contributed by atoms with Crippen molar-refractivity contribution in [3.63, 3.8) is 0 Å². The molecule has 0 aliphatic heterocycles. The van der Waals surface area contributed by atoms with Gasteiger partial charge in [-0.3, -0.25) is 4.79 Å². The van der Waals surface area contributed by atoms with E-state index in [-0.39, 0.29) is 42.9 Å². The van der Waals surface area contributed by atoms with Gasteiger partial charge in [-0.25, -0.2) is 4.98 Å². The van der Waals surface area contributed by atoms with Crippen LogP contribution in [0.4, 0.5) is 0 Å². The normalized spacial score (nSPS) is 23.9. The van der Waals surface area contributed by atoms with Gasteiger partial charge in [0.05, 0.1) is 23.2 Å². The molecule has 28 heavy (non-hydrogen) atoms. The maximum Gasteiger partial charge on any atom is 0.241 e. The van der Waals surface area contributed by atoms with Crippen LogP contribution in [0.1, 0.15) is 52.9 Å². The Morgan fingerprint density at radius 3 is 2.57 bits per heavy atom. The van der Waals surface area contributed by atoms with E-state index in [1.165, 1.54) is 0 Å². The van der Waals surface area contributed by atoms with E-state index < -0.39 is 11.0 Å². The summed E-state index contributed by atoms with van der Waals surface area (Å²) in [5.41, 5.74) is 7.18. The molecule has 0 radical (unpaired) electrons. The van der Waals surface area contributed by atoms with Crippen molar-refractivity contribution < 1.29 is 9.53 Å². The molecule has 1 amide bonds. The number of hydrogen-bond acceptors (Lipinski definition) is 4. The van der Waals surface area contributed by atoms with Crippen molar-refractivity contribution in [3.05, 3.63) is 30.1 Å². The van der Waals surface area contributed by atoms with E-state index in [1.807, 2.05) is 45.9 Å². The molecular formula is C20H32Cl2N4O2. The summed E-state index contributed by atoms with van der Waals surface area (Å²) in [5, 5.41) is 3.09. The van der Waals surface area contributed by atoms with E-state index in [0.717, 1.165) is 23.4 Å². The van der Waals surface area contributed by atoms with E-state index in [1.54, 1.807) is 0 Å². The molecule has 158 valence electrons. The number of benzene rings is 1. The molecule has 1 fully saturated rings. The Morgan fingerprint density at radius 2 is 2.00 bits per heavy atom. The predicted molar refractivity (Wildman–Crippen MR) is 117 cm³/mol. The third-order valence-corrected chi connectivity index (χ3v) is 5.97. The second-order valence-corrected chi connectivity index (χ2v) is 7.74. The van der Waals surface area contributed by atoms with Crippen LogP contribution in [0.15, 0.2) is 24.3 Å². The molecule has 6 nitrogen and oxygen atoms in total. The van der Waals surface area contributed by atoms with Gasteiger partial charge in [-0.15, -0.1) is 24.8 Å². The summed E-state index contributed by atoms with van der Waals surface area (Å²) in [5.74, 6) is 0.713. The van der Waals surface area contributed by atoms with Gasteiger partial charge in [-0.1, -0.05) is 26.0 Å². The second-order valence-electron chi connectivity index (χ2n) is 7.74. The highest BCUT2D eigenvalue weighted by molar-refractivity contribution is 5.89. The first-order valence-electron chi connectivity index (χ1n) is 9.42. The highest BCUT2D eigenvalue weighted by atomic mass is 35.5. The van der Waals surface area contributed by atoms with Gasteiger partial charge in [0, 0.05) is 25.0 Å². The Hall–Kier alpha value is -1.34. The number of nitrogens with one attached hydrogen (secondary N) is 1. The molecule has 1 aromatic heterocycles. The minimum atomic E-state index is -0.926. The molecular weight excluding hydrogens is 399 g/mol. The number of hydrogen-bond donors (Lipinski definition) is 2. The standard InChI is InChI=1S/C20H30N4O2.2ClH/c1-6-24-15-11-9-8-10-14(15)23-17(24)13(3)22-18(25)20(21)12-16(26-7-2)19(20,4)5;;/h8-11,13,16H,6-7,12,21H2,1-5H3,(H,22,25);2*1H. The monoisotopic (exact) mass is 430 g/mol. The smallest absolute Gasteiger partial charge is 0.241 e. The van der Waals surface area contributed by atoms with Crippen LogP contribution in [-0.4, -0.2) is 33.7 Å². The lowest BCUT2D eigenvalue weighted by molar-refractivity contribution is -0.171. The fraction of sp³-hybridized carbons (Fsp3) is 0.600. The Labute approximate surface area is 179 Å². The quantitative estimate of drug-likeness (QED) is 0.732. The summed E-state index contributed by atoms with van der Waals surface area (Å²) in [6, 6.07) is 7.80. The average Bonchev–Trinajstić information content (AvgIpc) is 3.00. The highest BCUT2D eigenvalue weighted by Crippen LogP contribution is 2.50. The van der Waals surface area contributed by atoms with Crippen LogP contribution in [0.25, 0.3) is 11.0 Å². The number of nitrogens with two attached hydrogens (primary N) is 1. The topological polar surface area (TPSA) is 82.2 Å². The molecule has 0 bridgehead atoms. The van der Waals surface area contributed by atoms with Crippen molar-refractivity contribution in [1.29, 1.82) is 0 Å². The third-order valence-electron chi connectivity index (χ3n) is 5.97. The SMILES string of the molecule is CCOC1CC(N)(C(=O)NC(C)c2nc3ccccc3n2CC)C1(C)C.Cl.Cl. The largest absolute Gasteiger partial charge is 0.378 e. The second kappa shape index (κ2) is 8.99. The van der Waals surface area contributed by atoms with Gasteiger partial charge in [0.15, 0.2) is 0 Å². The number of aryl methyl sites for hydroxylation is 1. The van der Waals surface area contributed by atoms with Crippen molar-refractivity contribution >= 4 is 41.8 Å².